The largest absolute Gasteiger partial charge is 0.312 e. The third kappa shape index (κ3) is 5.43. The average Bonchev–Trinajstić information content (AvgIpc) is 2.70. The van der Waals surface area contributed by atoms with Crippen molar-refractivity contribution in [3.8, 4) is 0 Å². The zero-order chi connectivity index (χ0) is 13.3. The third-order valence-corrected chi connectivity index (χ3v) is 5.06. The Kier molecular flexibility index (Phi) is 7.23. The summed E-state index contributed by atoms with van der Waals surface area (Å²) in [6.45, 7) is 7.52. The molecule has 0 amide bonds. The van der Waals surface area contributed by atoms with E-state index in [0.717, 1.165) is 12.0 Å². The van der Waals surface area contributed by atoms with E-state index in [-0.39, 0.29) is 0 Å². The highest BCUT2D eigenvalue weighted by atomic mass is 15.2. The Morgan fingerprint density at radius 1 is 1.00 bits per heavy atom. The van der Waals surface area contributed by atoms with Crippen LogP contribution >= 0.6 is 0 Å². The molecule has 0 bridgehead atoms. The number of nitrogens with zero attached hydrogens (tertiary/aromatic N) is 1. The van der Waals surface area contributed by atoms with Gasteiger partial charge in [-0.2, -0.15) is 0 Å². The Hall–Kier alpha value is -0.0800. The maximum Gasteiger partial charge on any atom is 0.0223 e. The van der Waals surface area contributed by atoms with E-state index in [4.69, 9.17) is 0 Å². The fourth-order valence-electron chi connectivity index (χ4n) is 3.84. The first-order chi connectivity index (χ1) is 9.40. The molecule has 0 aromatic carbocycles. The normalized spacial score (nSPS) is 27.3. The summed E-state index contributed by atoms with van der Waals surface area (Å²) in [5.74, 6) is 0.963. The lowest BCUT2D eigenvalue weighted by atomic mass is 9.83. The van der Waals surface area contributed by atoms with Gasteiger partial charge in [-0.1, -0.05) is 45.4 Å². The van der Waals surface area contributed by atoms with Crippen LogP contribution in [0.1, 0.15) is 71.1 Å². The van der Waals surface area contributed by atoms with Gasteiger partial charge in [-0.3, -0.25) is 0 Å². The Balaban J connectivity index is 1.73. The van der Waals surface area contributed by atoms with Crippen LogP contribution in [-0.4, -0.2) is 37.1 Å². The Bertz CT molecular complexity index is 223. The molecule has 1 atom stereocenters. The molecule has 1 unspecified atom stereocenters. The van der Waals surface area contributed by atoms with Gasteiger partial charge in [0.2, 0.25) is 0 Å². The van der Waals surface area contributed by atoms with Crippen LogP contribution in [0.2, 0.25) is 0 Å². The van der Waals surface area contributed by atoms with E-state index in [9.17, 15) is 0 Å². The van der Waals surface area contributed by atoms with Crippen LogP contribution in [0.3, 0.4) is 0 Å². The molecule has 1 heterocycles. The third-order valence-electron chi connectivity index (χ3n) is 5.06. The molecule has 0 aromatic rings. The molecule has 0 radical (unpaired) electrons. The highest BCUT2D eigenvalue weighted by Gasteiger charge is 2.26. The predicted molar refractivity (Wildman–Crippen MR) is 83.6 cm³/mol. The van der Waals surface area contributed by atoms with E-state index in [0.29, 0.717) is 0 Å². The predicted octanol–water partition coefficient (Wildman–Crippen LogP) is 3.81. The first kappa shape index (κ1) is 15.3. The summed E-state index contributed by atoms with van der Waals surface area (Å²) in [5, 5.41) is 3.84. The van der Waals surface area contributed by atoms with Gasteiger partial charge in [-0.15, -0.1) is 0 Å². The minimum atomic E-state index is 0.786. The van der Waals surface area contributed by atoms with Gasteiger partial charge in [0.25, 0.3) is 0 Å². The molecule has 2 rings (SSSR count). The second-order valence-corrected chi connectivity index (χ2v) is 6.67. The number of rotatable bonds is 6. The monoisotopic (exact) mass is 266 g/mol. The summed E-state index contributed by atoms with van der Waals surface area (Å²) in [6.07, 6.45) is 14.3. The Morgan fingerprint density at radius 3 is 2.63 bits per heavy atom. The van der Waals surface area contributed by atoms with Crippen LogP contribution in [0.15, 0.2) is 0 Å². The van der Waals surface area contributed by atoms with Gasteiger partial charge in [0.1, 0.15) is 0 Å². The van der Waals surface area contributed by atoms with Gasteiger partial charge in [-0.25, -0.2) is 0 Å². The fraction of sp³-hybridized carbons (Fsp3) is 1.00. The molecule has 2 fully saturated rings. The second-order valence-electron chi connectivity index (χ2n) is 6.67. The van der Waals surface area contributed by atoms with Crippen molar-refractivity contribution in [1.82, 2.24) is 10.2 Å². The van der Waals surface area contributed by atoms with E-state index >= 15 is 0 Å². The standard InChI is InChI=1S/C17H34N2/c1-2-3-4-8-13-19-14-9-12-18-17(15-19)16-10-6-5-7-11-16/h16-18H,2-15H2,1H3. The molecule has 0 aromatic heterocycles. The summed E-state index contributed by atoms with van der Waals surface area (Å²) < 4.78 is 0. The van der Waals surface area contributed by atoms with Crippen molar-refractivity contribution in [2.45, 2.75) is 77.2 Å². The zero-order valence-electron chi connectivity index (χ0n) is 13.0. The van der Waals surface area contributed by atoms with Crippen LogP contribution in [0.4, 0.5) is 0 Å². The van der Waals surface area contributed by atoms with Crippen molar-refractivity contribution >= 4 is 0 Å². The van der Waals surface area contributed by atoms with Crippen LogP contribution in [0.5, 0.6) is 0 Å². The first-order valence-electron chi connectivity index (χ1n) is 8.86. The minimum Gasteiger partial charge on any atom is -0.312 e. The molecule has 2 aliphatic rings. The lowest BCUT2D eigenvalue weighted by Gasteiger charge is -2.33. The molecular formula is C17H34N2. The number of nitrogens with one attached hydrogen (secondary N) is 1. The lowest BCUT2D eigenvalue weighted by Crippen LogP contribution is -2.43. The molecule has 1 aliphatic carbocycles. The number of unbranched alkanes of at least 4 members (excludes halogenated alkanes) is 3. The quantitative estimate of drug-likeness (QED) is 0.735. The number of hydrogen-bond donors (Lipinski definition) is 1. The highest BCUT2D eigenvalue weighted by molar-refractivity contribution is 4.84. The molecule has 1 aliphatic heterocycles. The summed E-state index contributed by atoms with van der Waals surface area (Å²) in [6, 6.07) is 0.786. The van der Waals surface area contributed by atoms with Crippen molar-refractivity contribution < 1.29 is 0 Å². The van der Waals surface area contributed by atoms with E-state index in [1.165, 1.54) is 90.4 Å². The van der Waals surface area contributed by atoms with Crippen molar-refractivity contribution in [3.63, 3.8) is 0 Å². The van der Waals surface area contributed by atoms with Gasteiger partial charge in [0, 0.05) is 12.6 Å². The molecule has 112 valence electrons. The second kappa shape index (κ2) is 8.97. The smallest absolute Gasteiger partial charge is 0.0223 e. The van der Waals surface area contributed by atoms with Crippen LogP contribution in [-0.2, 0) is 0 Å². The Labute approximate surface area is 120 Å². The lowest BCUT2D eigenvalue weighted by molar-refractivity contribution is 0.204. The van der Waals surface area contributed by atoms with Crippen LogP contribution in [0.25, 0.3) is 0 Å². The van der Waals surface area contributed by atoms with E-state index in [2.05, 4.69) is 17.1 Å². The molecule has 1 saturated heterocycles. The summed E-state index contributed by atoms with van der Waals surface area (Å²) >= 11 is 0. The maximum atomic E-state index is 3.84. The molecule has 1 saturated carbocycles. The van der Waals surface area contributed by atoms with Gasteiger partial charge < -0.3 is 10.2 Å². The van der Waals surface area contributed by atoms with Crippen molar-refractivity contribution in [2.24, 2.45) is 5.92 Å². The maximum absolute atomic E-state index is 3.84. The van der Waals surface area contributed by atoms with Gasteiger partial charge in [-0.05, 0) is 51.2 Å². The van der Waals surface area contributed by atoms with E-state index in [1.807, 2.05) is 0 Å². The molecule has 2 heteroatoms. The zero-order valence-corrected chi connectivity index (χ0v) is 13.0. The van der Waals surface area contributed by atoms with Gasteiger partial charge >= 0.3 is 0 Å². The van der Waals surface area contributed by atoms with Gasteiger partial charge in [0.15, 0.2) is 0 Å². The van der Waals surface area contributed by atoms with Crippen molar-refractivity contribution in [2.75, 3.05) is 26.2 Å². The molecule has 2 nitrogen and oxygen atoms in total. The SMILES string of the molecule is CCCCCCN1CCCNC(C2CCCCC2)C1. The molecular weight excluding hydrogens is 232 g/mol. The Morgan fingerprint density at radius 2 is 1.84 bits per heavy atom. The first-order valence-corrected chi connectivity index (χ1v) is 8.86. The summed E-state index contributed by atoms with van der Waals surface area (Å²) in [4.78, 5) is 2.74. The highest BCUT2D eigenvalue weighted by Crippen LogP contribution is 2.27. The minimum absolute atomic E-state index is 0.786. The van der Waals surface area contributed by atoms with E-state index in [1.54, 1.807) is 0 Å². The molecule has 0 spiro atoms. The fourth-order valence-corrected chi connectivity index (χ4v) is 3.84. The molecule has 1 N–H and O–H groups in total. The topological polar surface area (TPSA) is 15.3 Å². The van der Waals surface area contributed by atoms with Crippen molar-refractivity contribution in [1.29, 1.82) is 0 Å². The summed E-state index contributed by atoms with van der Waals surface area (Å²) in [7, 11) is 0. The van der Waals surface area contributed by atoms with Gasteiger partial charge in [0.05, 0.1) is 0 Å². The number of hydrogen-bond acceptors (Lipinski definition) is 2. The summed E-state index contributed by atoms with van der Waals surface area (Å²) in [5.41, 5.74) is 0. The molecule has 19 heavy (non-hydrogen) atoms. The van der Waals surface area contributed by atoms with E-state index < -0.39 is 0 Å². The van der Waals surface area contributed by atoms with Crippen molar-refractivity contribution in [3.05, 3.63) is 0 Å². The average molecular weight is 266 g/mol. The van der Waals surface area contributed by atoms with Crippen LogP contribution < -0.4 is 5.32 Å². The van der Waals surface area contributed by atoms with Crippen LogP contribution in [0, 0.1) is 5.92 Å².